The van der Waals surface area contributed by atoms with E-state index in [4.69, 9.17) is 18.9 Å². The number of hydrogen-bond donors (Lipinski definition) is 0. The monoisotopic (exact) mass is 364 g/mol. The van der Waals surface area contributed by atoms with Crippen LogP contribution < -0.4 is 9.47 Å². The lowest BCUT2D eigenvalue weighted by Crippen LogP contribution is -2.26. The summed E-state index contributed by atoms with van der Waals surface area (Å²) in [6, 6.07) is 4.36. The van der Waals surface area contributed by atoms with Crippen LogP contribution in [0, 0.1) is 11.6 Å². The number of fused-ring (bicyclic) bond motifs is 2. The molecule has 1 aliphatic carbocycles. The number of ketones is 2. The quantitative estimate of drug-likeness (QED) is 0.627. The second-order valence-electron chi connectivity index (χ2n) is 5.35. The maximum atomic E-state index is 14.2. The summed E-state index contributed by atoms with van der Waals surface area (Å²) >= 11 is 0. The number of carbonyl (C=O) groups excluding carboxylic acids is 2. The molecular weight excluding hydrogens is 350 g/mol. The van der Waals surface area contributed by atoms with E-state index in [0.717, 1.165) is 12.1 Å². The van der Waals surface area contributed by atoms with Crippen molar-refractivity contribution in [2.75, 3.05) is 27.8 Å². The van der Waals surface area contributed by atoms with Crippen LogP contribution in [0.25, 0.3) is 0 Å². The van der Waals surface area contributed by atoms with Crippen LogP contribution in [0.2, 0.25) is 0 Å². The zero-order valence-corrected chi connectivity index (χ0v) is 13.9. The fourth-order valence-corrected chi connectivity index (χ4v) is 2.75. The van der Waals surface area contributed by atoms with Crippen molar-refractivity contribution >= 4 is 11.6 Å². The second-order valence-corrected chi connectivity index (χ2v) is 5.35. The predicted molar refractivity (Wildman–Crippen MR) is 84.7 cm³/mol. The standard InChI is InChI=1S/C18H14F2O6/c1-23-7-25-11-5-6-12(26-8-24-2)16-15(11)17(21)13-9(19)3-4-10(20)14(13)18(16)22/h3-6H,7-8H2,1-2H3. The number of carbonyl (C=O) groups is 2. The Balaban J connectivity index is 2.26. The Kier molecular flexibility index (Phi) is 4.97. The van der Waals surface area contributed by atoms with E-state index in [0.29, 0.717) is 0 Å². The molecule has 1 aliphatic rings. The van der Waals surface area contributed by atoms with Crippen LogP contribution in [0.5, 0.6) is 11.5 Å². The summed E-state index contributed by atoms with van der Waals surface area (Å²) in [5, 5.41) is 0. The van der Waals surface area contributed by atoms with Crippen LogP contribution in [-0.4, -0.2) is 39.4 Å². The van der Waals surface area contributed by atoms with Gasteiger partial charge in [0.25, 0.3) is 0 Å². The van der Waals surface area contributed by atoms with Gasteiger partial charge in [-0.1, -0.05) is 0 Å². The van der Waals surface area contributed by atoms with Gasteiger partial charge in [0, 0.05) is 14.2 Å². The van der Waals surface area contributed by atoms with E-state index >= 15 is 0 Å². The van der Waals surface area contributed by atoms with Gasteiger partial charge in [0.2, 0.25) is 11.6 Å². The van der Waals surface area contributed by atoms with Crippen molar-refractivity contribution in [2.24, 2.45) is 0 Å². The summed E-state index contributed by atoms with van der Waals surface area (Å²) in [6.07, 6.45) is 0. The summed E-state index contributed by atoms with van der Waals surface area (Å²) in [5.41, 5.74) is -1.68. The molecule has 0 bridgehead atoms. The first kappa shape index (κ1) is 18.0. The highest BCUT2D eigenvalue weighted by molar-refractivity contribution is 6.30. The van der Waals surface area contributed by atoms with Crippen LogP contribution in [0.4, 0.5) is 8.78 Å². The highest BCUT2D eigenvalue weighted by Crippen LogP contribution is 2.40. The molecular formula is C18H14F2O6. The van der Waals surface area contributed by atoms with Gasteiger partial charge in [0.15, 0.2) is 13.6 Å². The average molecular weight is 364 g/mol. The molecule has 2 aromatic rings. The van der Waals surface area contributed by atoms with Crippen LogP contribution in [0.15, 0.2) is 24.3 Å². The van der Waals surface area contributed by atoms with E-state index in [1.165, 1.54) is 26.4 Å². The van der Waals surface area contributed by atoms with Crippen molar-refractivity contribution in [1.29, 1.82) is 0 Å². The van der Waals surface area contributed by atoms with Crippen molar-refractivity contribution in [3.8, 4) is 11.5 Å². The predicted octanol–water partition coefficient (Wildman–Crippen LogP) is 2.71. The third-order valence-corrected chi connectivity index (χ3v) is 3.81. The maximum absolute atomic E-state index is 14.2. The normalized spacial score (nSPS) is 12.6. The molecule has 136 valence electrons. The average Bonchev–Trinajstić information content (AvgIpc) is 2.64. The second kappa shape index (κ2) is 7.19. The number of rotatable bonds is 6. The molecule has 8 heteroatoms. The Bertz CT molecular complexity index is 822. The van der Waals surface area contributed by atoms with E-state index in [1.54, 1.807) is 0 Å². The molecule has 3 rings (SSSR count). The molecule has 2 aromatic carbocycles. The first-order valence-electron chi connectivity index (χ1n) is 7.49. The molecule has 0 atom stereocenters. The van der Waals surface area contributed by atoms with Crippen molar-refractivity contribution in [3.05, 3.63) is 58.2 Å². The molecule has 0 amide bonds. The topological polar surface area (TPSA) is 71.1 Å². The summed E-state index contributed by atoms with van der Waals surface area (Å²) in [5.74, 6) is -3.74. The van der Waals surface area contributed by atoms with E-state index in [2.05, 4.69) is 0 Å². The molecule has 6 nitrogen and oxygen atoms in total. The molecule has 0 saturated carbocycles. The molecule has 0 N–H and O–H groups in total. The fourth-order valence-electron chi connectivity index (χ4n) is 2.75. The third-order valence-electron chi connectivity index (χ3n) is 3.81. The summed E-state index contributed by atoms with van der Waals surface area (Å²) in [7, 11) is 2.75. The van der Waals surface area contributed by atoms with Gasteiger partial charge in [-0.05, 0) is 24.3 Å². The van der Waals surface area contributed by atoms with Crippen molar-refractivity contribution in [2.45, 2.75) is 0 Å². The van der Waals surface area contributed by atoms with Crippen LogP contribution >= 0.6 is 0 Å². The molecule has 0 unspecified atom stereocenters. The van der Waals surface area contributed by atoms with Crippen molar-refractivity contribution < 1.29 is 37.3 Å². The first-order chi connectivity index (χ1) is 12.5. The van der Waals surface area contributed by atoms with Crippen molar-refractivity contribution in [1.82, 2.24) is 0 Å². The van der Waals surface area contributed by atoms with E-state index < -0.39 is 34.3 Å². The Morgan fingerprint density at radius 3 is 1.42 bits per heavy atom. The van der Waals surface area contributed by atoms with Crippen LogP contribution in [0.3, 0.4) is 0 Å². The lowest BCUT2D eigenvalue weighted by molar-refractivity contribution is 0.0468. The lowest BCUT2D eigenvalue weighted by Gasteiger charge is -2.23. The third kappa shape index (κ3) is 2.83. The SMILES string of the molecule is COCOc1ccc(OCOC)c2c1C(=O)c1c(F)ccc(F)c1C2=O. The van der Waals surface area contributed by atoms with Crippen LogP contribution in [-0.2, 0) is 9.47 Å². The molecule has 0 radical (unpaired) electrons. The molecule has 0 spiro atoms. The number of methoxy groups -OCH3 is 2. The summed E-state index contributed by atoms with van der Waals surface area (Å²) in [6.45, 7) is -0.407. The molecule has 0 aromatic heterocycles. The number of hydrogen-bond acceptors (Lipinski definition) is 6. The van der Waals surface area contributed by atoms with E-state index in [-0.39, 0.29) is 36.2 Å². The molecule has 0 heterocycles. The number of halogens is 2. The van der Waals surface area contributed by atoms with Gasteiger partial charge >= 0.3 is 0 Å². The van der Waals surface area contributed by atoms with Gasteiger partial charge in [0.05, 0.1) is 22.3 Å². The van der Waals surface area contributed by atoms with E-state index in [9.17, 15) is 18.4 Å². The van der Waals surface area contributed by atoms with Gasteiger partial charge in [-0.25, -0.2) is 8.78 Å². The fraction of sp³-hybridized carbons (Fsp3) is 0.222. The smallest absolute Gasteiger partial charge is 0.201 e. The molecule has 0 aliphatic heterocycles. The largest absolute Gasteiger partial charge is 0.467 e. The minimum Gasteiger partial charge on any atom is -0.467 e. The Morgan fingerprint density at radius 2 is 1.08 bits per heavy atom. The summed E-state index contributed by atoms with van der Waals surface area (Å²) in [4.78, 5) is 25.7. The molecule has 26 heavy (non-hydrogen) atoms. The Hall–Kier alpha value is -2.84. The van der Waals surface area contributed by atoms with Gasteiger partial charge in [-0.15, -0.1) is 0 Å². The highest BCUT2D eigenvalue weighted by atomic mass is 19.1. The zero-order chi connectivity index (χ0) is 18.8. The van der Waals surface area contributed by atoms with E-state index in [1.807, 2.05) is 0 Å². The van der Waals surface area contributed by atoms with Gasteiger partial charge in [0.1, 0.15) is 23.1 Å². The minimum atomic E-state index is -0.994. The van der Waals surface area contributed by atoms with Crippen molar-refractivity contribution in [3.63, 3.8) is 0 Å². The maximum Gasteiger partial charge on any atom is 0.201 e. The van der Waals surface area contributed by atoms with Gasteiger partial charge < -0.3 is 18.9 Å². The molecule has 0 fully saturated rings. The Morgan fingerprint density at radius 1 is 0.692 bits per heavy atom. The first-order valence-corrected chi connectivity index (χ1v) is 7.49. The van der Waals surface area contributed by atoms with Gasteiger partial charge in [-0.3, -0.25) is 9.59 Å². The number of benzene rings is 2. The Labute approximate surface area is 147 Å². The minimum absolute atomic E-state index is 0.000668. The zero-order valence-electron chi connectivity index (χ0n) is 13.9. The summed E-state index contributed by atoms with van der Waals surface area (Å²) < 4.78 is 48.6. The highest BCUT2D eigenvalue weighted by Gasteiger charge is 2.39. The number of ether oxygens (including phenoxy) is 4. The molecule has 0 saturated heterocycles. The van der Waals surface area contributed by atoms with Gasteiger partial charge in [-0.2, -0.15) is 0 Å². The van der Waals surface area contributed by atoms with Crippen LogP contribution in [0.1, 0.15) is 31.8 Å². The lowest BCUT2D eigenvalue weighted by atomic mass is 9.82.